The summed E-state index contributed by atoms with van der Waals surface area (Å²) in [5.74, 6) is -0.235. The molecular weight excluding hydrogens is 511 g/mol. The Labute approximate surface area is 223 Å². The minimum absolute atomic E-state index is 0.105. The molecule has 1 saturated heterocycles. The molecule has 8 heteroatoms. The van der Waals surface area contributed by atoms with Gasteiger partial charge in [0.05, 0.1) is 17.0 Å². The number of halogens is 2. The first kappa shape index (κ1) is 25.1. The van der Waals surface area contributed by atoms with Gasteiger partial charge < -0.3 is 9.30 Å². The number of amides is 2. The van der Waals surface area contributed by atoms with Crippen LogP contribution in [0.2, 0.25) is 5.02 Å². The van der Waals surface area contributed by atoms with E-state index >= 15 is 0 Å². The van der Waals surface area contributed by atoms with Crippen LogP contribution in [-0.2, 0) is 17.8 Å². The average Bonchev–Trinajstić information content (AvgIpc) is 3.38. The summed E-state index contributed by atoms with van der Waals surface area (Å²) in [6, 6.07) is 19.5. The molecule has 5 rings (SSSR count). The van der Waals surface area contributed by atoms with E-state index in [1.165, 1.54) is 34.7 Å². The van der Waals surface area contributed by atoms with Gasteiger partial charge in [0.15, 0.2) is 0 Å². The van der Waals surface area contributed by atoms with Crippen molar-refractivity contribution in [2.45, 2.75) is 19.9 Å². The summed E-state index contributed by atoms with van der Waals surface area (Å²) < 4.78 is 20.8. The molecule has 188 valence electrons. The zero-order chi connectivity index (χ0) is 25.9. The third-order valence-corrected chi connectivity index (χ3v) is 7.53. The number of nitrogens with zero attached hydrogens (tertiary/aromatic N) is 2. The first-order valence-corrected chi connectivity index (χ1v) is 13.1. The molecule has 1 aliphatic heterocycles. The molecule has 0 radical (unpaired) electrons. The zero-order valence-electron chi connectivity index (χ0n) is 20.1. The summed E-state index contributed by atoms with van der Waals surface area (Å²) >= 11 is 7.36. The van der Waals surface area contributed by atoms with Gasteiger partial charge in [-0.3, -0.25) is 14.5 Å². The van der Waals surface area contributed by atoms with Crippen molar-refractivity contribution in [1.82, 2.24) is 9.47 Å². The maximum atomic E-state index is 13.1. The van der Waals surface area contributed by atoms with Crippen molar-refractivity contribution in [3.8, 4) is 5.75 Å². The lowest BCUT2D eigenvalue weighted by molar-refractivity contribution is -0.123. The second-order valence-electron chi connectivity index (χ2n) is 8.61. The predicted octanol–water partition coefficient (Wildman–Crippen LogP) is 7.16. The Balaban J connectivity index is 1.40. The highest BCUT2D eigenvalue weighted by Gasteiger charge is 2.35. The first-order chi connectivity index (χ1) is 17.9. The molecule has 1 fully saturated rings. The summed E-state index contributed by atoms with van der Waals surface area (Å²) in [7, 11) is 0. The van der Waals surface area contributed by atoms with E-state index in [0.29, 0.717) is 22.2 Å². The molecule has 1 aliphatic rings. The molecule has 0 unspecified atom stereocenters. The number of carbonyl (C=O) groups excluding carboxylic acids is 2. The quantitative estimate of drug-likeness (QED) is 0.225. The van der Waals surface area contributed by atoms with E-state index in [0.717, 1.165) is 40.2 Å². The number of hydrogen-bond donors (Lipinski definition) is 0. The van der Waals surface area contributed by atoms with Crippen LogP contribution in [0, 0.1) is 5.82 Å². The summed E-state index contributed by atoms with van der Waals surface area (Å²) in [4.78, 5) is 27.3. The maximum absolute atomic E-state index is 13.1. The minimum Gasteiger partial charge on any atom is -0.492 e. The van der Waals surface area contributed by atoms with Gasteiger partial charge in [0.1, 0.15) is 18.2 Å². The molecule has 1 aromatic heterocycles. The monoisotopic (exact) mass is 534 g/mol. The fourth-order valence-electron chi connectivity index (χ4n) is 4.42. The molecule has 0 saturated carbocycles. The van der Waals surface area contributed by atoms with Crippen LogP contribution in [0.4, 0.5) is 9.18 Å². The fraction of sp³-hybridized carbons (Fsp3) is 0.172. The summed E-state index contributed by atoms with van der Waals surface area (Å²) in [5, 5.41) is 1.37. The minimum atomic E-state index is -0.359. The summed E-state index contributed by atoms with van der Waals surface area (Å²) in [5.41, 5.74) is 4.14. The number of thioether (sulfide) groups is 1. The molecule has 0 aliphatic carbocycles. The number of aromatic nitrogens is 1. The number of rotatable bonds is 8. The number of hydrogen-bond acceptors (Lipinski definition) is 4. The van der Waals surface area contributed by atoms with E-state index in [4.69, 9.17) is 16.3 Å². The van der Waals surface area contributed by atoms with Crippen molar-refractivity contribution >= 4 is 51.5 Å². The van der Waals surface area contributed by atoms with Crippen molar-refractivity contribution in [3.05, 3.63) is 105 Å². The number of imide groups is 1. The van der Waals surface area contributed by atoms with Crippen LogP contribution in [0.25, 0.3) is 17.0 Å². The Morgan fingerprint density at radius 2 is 1.76 bits per heavy atom. The molecule has 5 nitrogen and oxygen atoms in total. The fourth-order valence-corrected chi connectivity index (χ4v) is 5.47. The molecule has 0 N–H and O–H groups in total. The van der Waals surface area contributed by atoms with Gasteiger partial charge >= 0.3 is 0 Å². The number of para-hydroxylation sites is 1. The van der Waals surface area contributed by atoms with Crippen LogP contribution in [0.15, 0.2) is 77.8 Å². The molecular formula is C29H24ClFN2O3S. The average molecular weight is 535 g/mol. The van der Waals surface area contributed by atoms with Gasteiger partial charge in [-0.15, -0.1) is 0 Å². The van der Waals surface area contributed by atoms with Crippen LogP contribution >= 0.6 is 23.4 Å². The first-order valence-electron chi connectivity index (χ1n) is 11.9. The number of carbonyl (C=O) groups is 2. The highest BCUT2D eigenvalue weighted by molar-refractivity contribution is 8.18. The van der Waals surface area contributed by atoms with Crippen LogP contribution < -0.4 is 4.74 Å². The Morgan fingerprint density at radius 1 is 1.00 bits per heavy atom. The molecule has 0 spiro atoms. The van der Waals surface area contributed by atoms with Crippen LogP contribution in [0.3, 0.4) is 0 Å². The van der Waals surface area contributed by atoms with Crippen LogP contribution in [0.1, 0.15) is 23.6 Å². The van der Waals surface area contributed by atoms with Gasteiger partial charge in [0.2, 0.25) is 0 Å². The SMILES string of the molecule is CCc1cccc2c(/C=C3\SC(=O)N(CCOc4ccc(F)cc4)C3=O)cn(Cc3ccccc3Cl)c12. The molecule has 2 amide bonds. The molecule has 4 aromatic rings. The van der Waals surface area contributed by atoms with E-state index in [1.807, 2.05) is 42.6 Å². The second kappa shape index (κ2) is 10.8. The lowest BCUT2D eigenvalue weighted by Gasteiger charge is -2.13. The van der Waals surface area contributed by atoms with Crippen molar-refractivity contribution in [2.24, 2.45) is 0 Å². The van der Waals surface area contributed by atoms with E-state index < -0.39 is 0 Å². The lowest BCUT2D eigenvalue weighted by Crippen LogP contribution is -2.32. The number of aryl methyl sites for hydroxylation is 1. The highest BCUT2D eigenvalue weighted by Crippen LogP contribution is 2.35. The molecule has 37 heavy (non-hydrogen) atoms. The molecule has 2 heterocycles. The Morgan fingerprint density at radius 3 is 2.51 bits per heavy atom. The van der Waals surface area contributed by atoms with Crippen molar-refractivity contribution < 1.29 is 18.7 Å². The zero-order valence-corrected chi connectivity index (χ0v) is 21.7. The van der Waals surface area contributed by atoms with E-state index in [-0.39, 0.29) is 30.1 Å². The Hall–Kier alpha value is -3.55. The van der Waals surface area contributed by atoms with Crippen molar-refractivity contribution in [3.63, 3.8) is 0 Å². The summed E-state index contributed by atoms with van der Waals surface area (Å²) in [6.45, 7) is 2.92. The molecule has 0 bridgehead atoms. The number of ether oxygens (including phenoxy) is 1. The smallest absolute Gasteiger partial charge is 0.293 e. The van der Waals surface area contributed by atoms with Gasteiger partial charge in [-0.2, -0.15) is 0 Å². The predicted molar refractivity (Wildman–Crippen MR) is 146 cm³/mol. The van der Waals surface area contributed by atoms with Crippen LogP contribution in [0.5, 0.6) is 5.75 Å². The normalized spacial score (nSPS) is 14.8. The highest BCUT2D eigenvalue weighted by atomic mass is 35.5. The number of benzene rings is 3. The van der Waals surface area contributed by atoms with Crippen LogP contribution in [-0.4, -0.2) is 33.8 Å². The Kier molecular flexibility index (Phi) is 7.35. The standard InChI is InChI=1S/C29H24ClFN2O3S/c1-2-19-7-5-8-24-21(18-32(27(19)24)17-20-6-3-4-9-25(20)30)16-26-28(34)33(29(35)37-26)14-15-36-23-12-10-22(31)11-13-23/h3-13,16,18H,2,14-15,17H2,1H3/b26-16-. The van der Waals surface area contributed by atoms with E-state index in [9.17, 15) is 14.0 Å². The molecule has 3 aromatic carbocycles. The Bertz CT molecular complexity index is 1510. The van der Waals surface area contributed by atoms with Gasteiger partial charge in [-0.1, -0.05) is 54.9 Å². The van der Waals surface area contributed by atoms with Gasteiger partial charge in [0.25, 0.3) is 11.1 Å². The van der Waals surface area contributed by atoms with E-state index in [1.54, 1.807) is 6.08 Å². The van der Waals surface area contributed by atoms with Gasteiger partial charge in [0, 0.05) is 28.7 Å². The topological polar surface area (TPSA) is 51.5 Å². The van der Waals surface area contributed by atoms with Crippen molar-refractivity contribution in [2.75, 3.05) is 13.2 Å². The second-order valence-corrected chi connectivity index (χ2v) is 10.0. The third kappa shape index (κ3) is 5.29. The summed E-state index contributed by atoms with van der Waals surface area (Å²) in [6.07, 6.45) is 4.66. The molecule has 0 atom stereocenters. The third-order valence-electron chi connectivity index (χ3n) is 6.25. The van der Waals surface area contributed by atoms with Gasteiger partial charge in [-0.05, 0) is 65.7 Å². The largest absolute Gasteiger partial charge is 0.492 e. The van der Waals surface area contributed by atoms with Gasteiger partial charge in [-0.25, -0.2) is 4.39 Å². The number of fused-ring (bicyclic) bond motifs is 1. The maximum Gasteiger partial charge on any atom is 0.293 e. The van der Waals surface area contributed by atoms with E-state index in [2.05, 4.69) is 17.6 Å². The lowest BCUT2D eigenvalue weighted by atomic mass is 10.1. The van der Waals surface area contributed by atoms with Crippen molar-refractivity contribution in [1.29, 1.82) is 0 Å².